The van der Waals surface area contributed by atoms with Gasteiger partial charge in [0.2, 0.25) is 0 Å². The zero-order chi connectivity index (χ0) is 18.2. The van der Waals surface area contributed by atoms with Crippen LogP contribution in [0.1, 0.15) is 54.0 Å². The molecule has 26 heavy (non-hydrogen) atoms. The number of nitrogens with one attached hydrogen (secondary N) is 2. The van der Waals surface area contributed by atoms with Crippen molar-refractivity contribution in [1.29, 1.82) is 0 Å². The van der Waals surface area contributed by atoms with Crippen molar-refractivity contribution >= 4 is 11.7 Å². The summed E-state index contributed by atoms with van der Waals surface area (Å²) >= 11 is 0. The summed E-state index contributed by atoms with van der Waals surface area (Å²) in [5, 5.41) is 6.24. The van der Waals surface area contributed by atoms with Crippen molar-refractivity contribution in [3.63, 3.8) is 0 Å². The number of hydrogen-bond donors (Lipinski definition) is 2. The molecule has 1 aromatic carbocycles. The number of carbonyl (C=O) groups excluding carboxylic acids is 1. The molecule has 0 unspecified atom stereocenters. The van der Waals surface area contributed by atoms with Crippen molar-refractivity contribution in [2.45, 2.75) is 45.6 Å². The van der Waals surface area contributed by atoms with Gasteiger partial charge in [-0.3, -0.25) is 4.79 Å². The maximum absolute atomic E-state index is 12.4. The lowest BCUT2D eigenvalue weighted by atomic mass is 9.97. The highest BCUT2D eigenvalue weighted by molar-refractivity contribution is 5.92. The fourth-order valence-electron chi connectivity index (χ4n) is 3.13. The number of allylic oxidation sites excluding steroid dienone is 1. The molecule has 0 aliphatic heterocycles. The molecule has 2 N–H and O–H groups in total. The Hall–Kier alpha value is -2.69. The average molecular weight is 350 g/mol. The highest BCUT2D eigenvalue weighted by Crippen LogP contribution is 2.20. The summed E-state index contributed by atoms with van der Waals surface area (Å²) in [5.41, 5.74) is 2.98. The third-order valence-electron chi connectivity index (χ3n) is 4.50. The van der Waals surface area contributed by atoms with Crippen LogP contribution in [-0.4, -0.2) is 22.4 Å². The summed E-state index contributed by atoms with van der Waals surface area (Å²) in [5.74, 6) is 1.12. The second-order valence-corrected chi connectivity index (χ2v) is 6.64. The van der Waals surface area contributed by atoms with Crippen LogP contribution in [0.4, 0.5) is 5.82 Å². The van der Waals surface area contributed by atoms with Gasteiger partial charge in [-0.15, -0.1) is 0 Å². The van der Waals surface area contributed by atoms with Crippen LogP contribution in [0.3, 0.4) is 0 Å². The summed E-state index contributed by atoms with van der Waals surface area (Å²) in [6.45, 7) is 3.12. The Balaban J connectivity index is 1.56. The predicted molar refractivity (Wildman–Crippen MR) is 104 cm³/mol. The normalized spacial score (nSPS) is 13.8. The van der Waals surface area contributed by atoms with Gasteiger partial charge in [0.25, 0.3) is 5.91 Å². The minimum atomic E-state index is -0.183. The number of rotatable bonds is 7. The fourth-order valence-corrected chi connectivity index (χ4v) is 3.13. The summed E-state index contributed by atoms with van der Waals surface area (Å²) in [6, 6.07) is 11.6. The number of benzene rings is 1. The van der Waals surface area contributed by atoms with Crippen molar-refractivity contribution < 1.29 is 4.79 Å². The molecule has 3 rings (SSSR count). The van der Waals surface area contributed by atoms with Crippen molar-refractivity contribution in [2.75, 3.05) is 11.9 Å². The van der Waals surface area contributed by atoms with E-state index in [4.69, 9.17) is 0 Å². The number of nitrogens with zero attached hydrogens (tertiary/aromatic N) is 2. The van der Waals surface area contributed by atoms with Crippen molar-refractivity contribution in [3.05, 3.63) is 65.1 Å². The minimum absolute atomic E-state index is 0.183. The van der Waals surface area contributed by atoms with Crippen LogP contribution in [0, 0.1) is 6.92 Å². The van der Waals surface area contributed by atoms with Gasteiger partial charge < -0.3 is 10.6 Å². The maximum Gasteiger partial charge on any atom is 0.270 e. The van der Waals surface area contributed by atoms with Gasteiger partial charge in [-0.1, -0.05) is 42.0 Å². The first-order valence-electron chi connectivity index (χ1n) is 9.30. The van der Waals surface area contributed by atoms with Gasteiger partial charge in [0.1, 0.15) is 17.3 Å². The van der Waals surface area contributed by atoms with E-state index in [1.54, 1.807) is 6.07 Å². The Labute approximate surface area is 155 Å². The van der Waals surface area contributed by atoms with Crippen LogP contribution in [0.15, 0.2) is 48.0 Å². The van der Waals surface area contributed by atoms with Crippen molar-refractivity contribution in [2.24, 2.45) is 0 Å². The molecule has 1 aromatic heterocycles. The lowest BCUT2D eigenvalue weighted by Crippen LogP contribution is -2.24. The molecule has 1 heterocycles. The van der Waals surface area contributed by atoms with E-state index in [1.165, 1.54) is 31.3 Å². The Kier molecular flexibility index (Phi) is 6.36. The second-order valence-electron chi connectivity index (χ2n) is 6.64. The van der Waals surface area contributed by atoms with Crippen LogP contribution in [-0.2, 0) is 6.54 Å². The molecule has 0 spiro atoms. The molecule has 0 saturated carbocycles. The predicted octanol–water partition coefficient (Wildman–Crippen LogP) is 4.02. The molecule has 5 nitrogen and oxygen atoms in total. The number of aromatic nitrogens is 2. The molecule has 136 valence electrons. The molecule has 1 amide bonds. The van der Waals surface area contributed by atoms with Gasteiger partial charge in [0, 0.05) is 19.2 Å². The van der Waals surface area contributed by atoms with E-state index in [2.05, 4.69) is 26.7 Å². The van der Waals surface area contributed by atoms with Gasteiger partial charge in [0.15, 0.2) is 0 Å². The molecule has 0 saturated heterocycles. The van der Waals surface area contributed by atoms with E-state index in [-0.39, 0.29) is 5.91 Å². The first-order chi connectivity index (χ1) is 12.7. The molecule has 0 fully saturated rings. The quantitative estimate of drug-likeness (QED) is 0.740. The molecular formula is C21H26N4O. The van der Waals surface area contributed by atoms with E-state index in [1.807, 2.05) is 37.3 Å². The van der Waals surface area contributed by atoms with Gasteiger partial charge in [-0.05, 0) is 44.6 Å². The number of amides is 1. The van der Waals surface area contributed by atoms with Gasteiger partial charge in [-0.2, -0.15) is 0 Å². The SMILES string of the molecule is Cc1nc(NCCC2=CCCCC2)cc(C(=O)NCc2ccccc2)n1. The van der Waals surface area contributed by atoms with Crippen molar-refractivity contribution in [3.8, 4) is 0 Å². The average Bonchev–Trinajstić information content (AvgIpc) is 2.67. The van der Waals surface area contributed by atoms with Crippen molar-refractivity contribution in [1.82, 2.24) is 15.3 Å². The Morgan fingerprint density at radius 2 is 2.00 bits per heavy atom. The molecule has 5 heteroatoms. The number of aryl methyl sites for hydroxylation is 1. The Bertz CT molecular complexity index is 771. The van der Waals surface area contributed by atoms with Crippen LogP contribution >= 0.6 is 0 Å². The van der Waals surface area contributed by atoms with Gasteiger partial charge in [-0.25, -0.2) is 9.97 Å². The van der Waals surface area contributed by atoms with Crippen LogP contribution in [0.2, 0.25) is 0 Å². The lowest BCUT2D eigenvalue weighted by Gasteiger charge is -2.13. The Morgan fingerprint density at radius 1 is 1.15 bits per heavy atom. The third-order valence-corrected chi connectivity index (χ3v) is 4.50. The van der Waals surface area contributed by atoms with Crippen LogP contribution in [0.25, 0.3) is 0 Å². The van der Waals surface area contributed by atoms with E-state index < -0.39 is 0 Å². The highest BCUT2D eigenvalue weighted by Gasteiger charge is 2.11. The number of carbonyl (C=O) groups is 1. The minimum Gasteiger partial charge on any atom is -0.370 e. The summed E-state index contributed by atoms with van der Waals surface area (Å²) in [7, 11) is 0. The van der Waals surface area contributed by atoms with Crippen LogP contribution < -0.4 is 10.6 Å². The highest BCUT2D eigenvalue weighted by atomic mass is 16.1. The number of anilines is 1. The molecule has 2 aromatic rings. The zero-order valence-electron chi connectivity index (χ0n) is 15.3. The summed E-state index contributed by atoms with van der Waals surface area (Å²) in [6.07, 6.45) is 8.40. The maximum atomic E-state index is 12.4. The molecule has 1 aliphatic rings. The standard InChI is InChI=1S/C21H26N4O/c1-16-24-19(21(26)23-15-18-10-6-3-7-11-18)14-20(25-16)22-13-12-17-8-4-2-5-9-17/h3,6-8,10-11,14H,2,4-5,9,12-13,15H2,1H3,(H,23,26)(H,22,24,25). The summed E-state index contributed by atoms with van der Waals surface area (Å²) < 4.78 is 0. The number of hydrogen-bond acceptors (Lipinski definition) is 4. The first kappa shape index (κ1) is 18.1. The van der Waals surface area contributed by atoms with E-state index in [0.717, 1.165) is 18.5 Å². The summed E-state index contributed by atoms with van der Waals surface area (Å²) in [4.78, 5) is 21.1. The molecule has 0 atom stereocenters. The largest absolute Gasteiger partial charge is 0.370 e. The monoisotopic (exact) mass is 350 g/mol. The molecule has 1 aliphatic carbocycles. The van der Waals surface area contributed by atoms with E-state index >= 15 is 0 Å². The first-order valence-corrected chi connectivity index (χ1v) is 9.30. The van der Waals surface area contributed by atoms with E-state index in [0.29, 0.717) is 23.9 Å². The molecule has 0 bridgehead atoms. The van der Waals surface area contributed by atoms with Crippen LogP contribution in [0.5, 0.6) is 0 Å². The topological polar surface area (TPSA) is 66.9 Å². The molecular weight excluding hydrogens is 324 g/mol. The zero-order valence-corrected chi connectivity index (χ0v) is 15.3. The smallest absolute Gasteiger partial charge is 0.270 e. The molecule has 0 radical (unpaired) electrons. The van der Waals surface area contributed by atoms with Gasteiger partial charge in [0.05, 0.1) is 0 Å². The second kappa shape index (κ2) is 9.13. The lowest BCUT2D eigenvalue weighted by molar-refractivity contribution is 0.0945. The Morgan fingerprint density at radius 3 is 2.77 bits per heavy atom. The van der Waals surface area contributed by atoms with E-state index in [9.17, 15) is 4.79 Å². The fraction of sp³-hybridized carbons (Fsp3) is 0.381. The van der Waals surface area contributed by atoms with Gasteiger partial charge >= 0.3 is 0 Å². The third kappa shape index (κ3) is 5.41.